The van der Waals surface area contributed by atoms with Gasteiger partial charge in [0, 0.05) is 41.9 Å². The van der Waals surface area contributed by atoms with E-state index >= 15 is 0 Å². The van der Waals surface area contributed by atoms with Crippen LogP contribution in [0.3, 0.4) is 0 Å². The highest BCUT2D eigenvalue weighted by Gasteiger charge is 2.26. The molecule has 0 bridgehead atoms. The molecule has 104 valence electrons. The Balaban J connectivity index is 1.75. The van der Waals surface area contributed by atoms with Crippen molar-refractivity contribution in [3.05, 3.63) is 22.3 Å². The molecule has 2 aliphatic rings. The number of nitrogens with one attached hydrogen (secondary N) is 1. The van der Waals surface area contributed by atoms with Crippen molar-refractivity contribution in [2.24, 2.45) is 5.92 Å². The monoisotopic (exact) mass is 323 g/mol. The van der Waals surface area contributed by atoms with Crippen molar-refractivity contribution in [1.29, 1.82) is 0 Å². The first-order chi connectivity index (χ1) is 9.26. The Morgan fingerprint density at radius 3 is 2.79 bits per heavy atom. The van der Waals surface area contributed by atoms with Gasteiger partial charge in [0.05, 0.1) is 0 Å². The van der Waals surface area contributed by atoms with Crippen molar-refractivity contribution in [3.8, 4) is 0 Å². The summed E-state index contributed by atoms with van der Waals surface area (Å²) in [4.78, 5) is 7.11. The van der Waals surface area contributed by atoms with Crippen molar-refractivity contribution < 1.29 is 0 Å². The van der Waals surface area contributed by atoms with Gasteiger partial charge in [-0.05, 0) is 60.5 Å². The van der Waals surface area contributed by atoms with Gasteiger partial charge < -0.3 is 10.2 Å². The van der Waals surface area contributed by atoms with Crippen LogP contribution in [0.2, 0.25) is 0 Å². The van der Waals surface area contributed by atoms with E-state index in [9.17, 15) is 0 Å². The van der Waals surface area contributed by atoms with Crippen molar-refractivity contribution in [3.63, 3.8) is 0 Å². The maximum Gasteiger partial charge on any atom is 0.133 e. The summed E-state index contributed by atoms with van der Waals surface area (Å²) in [5.41, 5.74) is 1.32. The van der Waals surface area contributed by atoms with E-state index in [2.05, 4.69) is 44.1 Å². The molecule has 0 unspecified atom stereocenters. The molecule has 1 aromatic heterocycles. The highest BCUT2D eigenvalue weighted by atomic mass is 79.9. The molecule has 0 atom stereocenters. The molecule has 0 amide bonds. The molecule has 1 aromatic rings. The number of pyridine rings is 1. The maximum atomic E-state index is 4.67. The van der Waals surface area contributed by atoms with E-state index in [4.69, 9.17) is 0 Å². The number of hydrogen-bond acceptors (Lipinski definition) is 3. The lowest BCUT2D eigenvalue weighted by atomic mass is 10.2. The molecule has 1 heterocycles. The molecule has 0 spiro atoms. The van der Waals surface area contributed by atoms with Crippen LogP contribution >= 0.6 is 15.9 Å². The lowest BCUT2D eigenvalue weighted by molar-refractivity contribution is 0.673. The third-order valence-corrected chi connectivity index (χ3v) is 4.36. The van der Waals surface area contributed by atoms with Crippen LogP contribution in [0.1, 0.15) is 38.2 Å². The van der Waals surface area contributed by atoms with Crippen LogP contribution < -0.4 is 10.2 Å². The second-order valence-corrected chi connectivity index (χ2v) is 6.69. The van der Waals surface area contributed by atoms with E-state index in [0.717, 1.165) is 29.5 Å². The minimum Gasteiger partial charge on any atom is -0.356 e. The average molecular weight is 324 g/mol. The molecule has 4 heteroatoms. The Morgan fingerprint density at radius 2 is 2.16 bits per heavy atom. The number of rotatable bonds is 7. The SMILES string of the molecule is CCN(CC1CC1)c1ncc(Br)cc1CNC1CC1. The van der Waals surface area contributed by atoms with Crippen LogP contribution in [-0.2, 0) is 6.54 Å². The fourth-order valence-corrected chi connectivity index (χ4v) is 2.79. The topological polar surface area (TPSA) is 28.2 Å². The van der Waals surface area contributed by atoms with E-state index in [1.165, 1.54) is 43.6 Å². The van der Waals surface area contributed by atoms with Gasteiger partial charge in [-0.1, -0.05) is 0 Å². The van der Waals surface area contributed by atoms with Crippen molar-refractivity contribution in [2.75, 3.05) is 18.0 Å². The second-order valence-electron chi connectivity index (χ2n) is 5.77. The predicted molar refractivity (Wildman–Crippen MR) is 82.4 cm³/mol. The summed E-state index contributed by atoms with van der Waals surface area (Å²) in [6.07, 6.45) is 7.36. The molecular weight excluding hydrogens is 302 g/mol. The highest BCUT2D eigenvalue weighted by molar-refractivity contribution is 9.10. The molecule has 3 rings (SSSR count). The van der Waals surface area contributed by atoms with E-state index in [-0.39, 0.29) is 0 Å². The van der Waals surface area contributed by atoms with Crippen molar-refractivity contribution in [1.82, 2.24) is 10.3 Å². The van der Waals surface area contributed by atoms with Gasteiger partial charge in [-0.3, -0.25) is 0 Å². The quantitative estimate of drug-likeness (QED) is 0.834. The Labute approximate surface area is 123 Å². The third-order valence-electron chi connectivity index (χ3n) is 3.92. The van der Waals surface area contributed by atoms with Crippen molar-refractivity contribution in [2.45, 2.75) is 45.2 Å². The molecule has 2 saturated carbocycles. The van der Waals surface area contributed by atoms with Gasteiger partial charge in [0.2, 0.25) is 0 Å². The molecule has 0 saturated heterocycles. The number of hydrogen-bond donors (Lipinski definition) is 1. The summed E-state index contributed by atoms with van der Waals surface area (Å²) in [6.45, 7) is 5.38. The summed E-state index contributed by atoms with van der Waals surface area (Å²) in [5.74, 6) is 2.07. The molecule has 2 fully saturated rings. The first-order valence-electron chi connectivity index (χ1n) is 7.39. The van der Waals surface area contributed by atoms with Gasteiger partial charge in [-0.2, -0.15) is 0 Å². The van der Waals surface area contributed by atoms with E-state index < -0.39 is 0 Å². The van der Waals surface area contributed by atoms with Gasteiger partial charge in [0.25, 0.3) is 0 Å². The lowest BCUT2D eigenvalue weighted by Crippen LogP contribution is -2.28. The average Bonchev–Trinajstić information content (AvgIpc) is 3.28. The first-order valence-corrected chi connectivity index (χ1v) is 8.18. The number of halogens is 1. The summed E-state index contributed by atoms with van der Waals surface area (Å²) in [5, 5.41) is 3.60. The number of aromatic nitrogens is 1. The molecule has 3 nitrogen and oxygen atoms in total. The standard InChI is InChI=1S/C15H22BrN3/c1-2-19(10-11-3-4-11)15-12(7-13(16)9-18-15)8-17-14-5-6-14/h7,9,11,14,17H,2-6,8,10H2,1H3. The van der Waals surface area contributed by atoms with Gasteiger partial charge in [0.1, 0.15) is 5.82 Å². The van der Waals surface area contributed by atoms with Gasteiger partial charge in [-0.15, -0.1) is 0 Å². The Kier molecular flexibility index (Phi) is 4.08. The van der Waals surface area contributed by atoms with E-state index in [1.807, 2.05) is 6.20 Å². The van der Waals surface area contributed by atoms with Crippen LogP contribution in [0.25, 0.3) is 0 Å². The fourth-order valence-electron chi connectivity index (χ4n) is 2.41. The summed E-state index contributed by atoms with van der Waals surface area (Å²) in [7, 11) is 0. The second kappa shape index (κ2) is 5.80. The fraction of sp³-hybridized carbons (Fsp3) is 0.667. The van der Waals surface area contributed by atoms with E-state index in [1.54, 1.807) is 0 Å². The van der Waals surface area contributed by atoms with Crippen LogP contribution in [-0.4, -0.2) is 24.1 Å². The Hall–Kier alpha value is -0.610. The van der Waals surface area contributed by atoms with Gasteiger partial charge >= 0.3 is 0 Å². The summed E-state index contributed by atoms with van der Waals surface area (Å²) in [6, 6.07) is 2.96. The zero-order valence-electron chi connectivity index (χ0n) is 11.5. The Morgan fingerprint density at radius 1 is 1.37 bits per heavy atom. The zero-order valence-corrected chi connectivity index (χ0v) is 13.1. The summed E-state index contributed by atoms with van der Waals surface area (Å²) >= 11 is 3.54. The molecule has 0 radical (unpaired) electrons. The van der Waals surface area contributed by atoms with Crippen LogP contribution in [0.4, 0.5) is 5.82 Å². The van der Waals surface area contributed by atoms with Gasteiger partial charge in [-0.25, -0.2) is 4.98 Å². The lowest BCUT2D eigenvalue weighted by Gasteiger charge is -2.24. The molecule has 2 aliphatic carbocycles. The summed E-state index contributed by atoms with van der Waals surface area (Å²) < 4.78 is 1.08. The van der Waals surface area contributed by atoms with Crippen LogP contribution in [0.5, 0.6) is 0 Å². The number of anilines is 1. The zero-order chi connectivity index (χ0) is 13.2. The molecule has 0 aliphatic heterocycles. The molecular formula is C15H22BrN3. The third kappa shape index (κ3) is 3.69. The van der Waals surface area contributed by atoms with E-state index in [0.29, 0.717) is 0 Å². The largest absolute Gasteiger partial charge is 0.356 e. The smallest absolute Gasteiger partial charge is 0.133 e. The molecule has 0 aromatic carbocycles. The highest BCUT2D eigenvalue weighted by Crippen LogP contribution is 2.32. The first kappa shape index (κ1) is 13.4. The Bertz CT molecular complexity index is 441. The van der Waals surface area contributed by atoms with Crippen LogP contribution in [0, 0.1) is 5.92 Å². The number of nitrogens with zero attached hydrogens (tertiary/aromatic N) is 2. The molecule has 19 heavy (non-hydrogen) atoms. The van der Waals surface area contributed by atoms with Gasteiger partial charge in [0.15, 0.2) is 0 Å². The van der Waals surface area contributed by atoms with Crippen LogP contribution in [0.15, 0.2) is 16.7 Å². The maximum absolute atomic E-state index is 4.67. The molecule has 1 N–H and O–H groups in total. The normalized spacial score (nSPS) is 18.6. The minimum absolute atomic E-state index is 0.741. The predicted octanol–water partition coefficient (Wildman–Crippen LogP) is 3.33. The minimum atomic E-state index is 0.741. The van der Waals surface area contributed by atoms with Crippen molar-refractivity contribution >= 4 is 21.7 Å².